The van der Waals surface area contributed by atoms with Crippen molar-refractivity contribution in [1.82, 2.24) is 9.55 Å². The van der Waals surface area contributed by atoms with E-state index in [9.17, 15) is 22.8 Å². The number of esters is 1. The Morgan fingerprint density at radius 1 is 1.21 bits per heavy atom. The SMILES string of the molecule is CC(OC(=O)CCc1nc2ccccc2c(=O)n1C1CC1)C(=O)Nc1cccc(S(N)(=O)=O)c1. The van der Waals surface area contributed by atoms with Gasteiger partial charge in [-0.05, 0) is 50.1 Å². The lowest BCUT2D eigenvalue weighted by molar-refractivity contribution is -0.153. The van der Waals surface area contributed by atoms with Crippen molar-refractivity contribution in [2.45, 2.75) is 49.6 Å². The number of carbonyl (C=O) groups is 2. The Hall–Kier alpha value is -3.57. The van der Waals surface area contributed by atoms with Gasteiger partial charge < -0.3 is 10.1 Å². The van der Waals surface area contributed by atoms with Crippen LogP contribution in [0.3, 0.4) is 0 Å². The molecule has 1 saturated carbocycles. The molecule has 4 rings (SSSR count). The summed E-state index contributed by atoms with van der Waals surface area (Å²) in [5.74, 6) is -0.732. The lowest BCUT2D eigenvalue weighted by Gasteiger charge is -2.15. The van der Waals surface area contributed by atoms with E-state index in [0.29, 0.717) is 16.7 Å². The van der Waals surface area contributed by atoms with Crippen LogP contribution in [0.1, 0.15) is 38.1 Å². The van der Waals surface area contributed by atoms with Crippen LogP contribution in [-0.2, 0) is 30.8 Å². The average Bonchev–Trinajstić information content (AvgIpc) is 3.62. The van der Waals surface area contributed by atoms with Crippen LogP contribution in [0.5, 0.6) is 0 Å². The number of rotatable bonds is 8. The molecular weight excluding hydrogens is 460 g/mol. The Morgan fingerprint density at radius 2 is 1.94 bits per heavy atom. The lowest BCUT2D eigenvalue weighted by Crippen LogP contribution is -2.30. The molecule has 1 aliphatic carbocycles. The van der Waals surface area contributed by atoms with Crippen molar-refractivity contribution in [2.24, 2.45) is 5.14 Å². The van der Waals surface area contributed by atoms with Crippen molar-refractivity contribution in [3.8, 4) is 0 Å². The Bertz CT molecular complexity index is 1430. The van der Waals surface area contributed by atoms with Crippen molar-refractivity contribution in [2.75, 3.05) is 5.32 Å². The number of sulfonamides is 1. The Morgan fingerprint density at radius 3 is 2.65 bits per heavy atom. The molecule has 0 aliphatic heterocycles. The normalized spacial score (nSPS) is 14.5. The molecule has 178 valence electrons. The molecule has 1 unspecified atom stereocenters. The first-order chi connectivity index (χ1) is 16.1. The van der Waals surface area contributed by atoms with Crippen LogP contribution >= 0.6 is 0 Å². The van der Waals surface area contributed by atoms with E-state index >= 15 is 0 Å². The predicted molar refractivity (Wildman–Crippen MR) is 125 cm³/mol. The molecule has 0 radical (unpaired) electrons. The second kappa shape index (κ2) is 9.35. The van der Waals surface area contributed by atoms with Crippen LogP contribution in [0.2, 0.25) is 0 Å². The molecule has 1 heterocycles. The third-order valence-corrected chi connectivity index (χ3v) is 6.36. The summed E-state index contributed by atoms with van der Waals surface area (Å²) in [4.78, 5) is 42.1. The Balaban J connectivity index is 1.40. The zero-order valence-electron chi connectivity index (χ0n) is 18.4. The maximum absolute atomic E-state index is 12.9. The van der Waals surface area contributed by atoms with Gasteiger partial charge in [-0.25, -0.2) is 18.5 Å². The summed E-state index contributed by atoms with van der Waals surface area (Å²) in [5.41, 5.74) is 0.654. The smallest absolute Gasteiger partial charge is 0.307 e. The number of hydrogen-bond donors (Lipinski definition) is 2. The van der Waals surface area contributed by atoms with E-state index in [0.717, 1.165) is 12.8 Å². The third-order valence-electron chi connectivity index (χ3n) is 5.45. The molecular formula is C23H24N4O6S. The fourth-order valence-electron chi connectivity index (χ4n) is 3.60. The van der Waals surface area contributed by atoms with Crippen molar-refractivity contribution in [3.63, 3.8) is 0 Å². The van der Waals surface area contributed by atoms with Crippen LogP contribution in [-0.4, -0.2) is 35.9 Å². The van der Waals surface area contributed by atoms with Gasteiger partial charge in [0.25, 0.3) is 11.5 Å². The van der Waals surface area contributed by atoms with E-state index in [4.69, 9.17) is 9.88 Å². The molecule has 1 atom stereocenters. The Kier molecular flexibility index (Phi) is 6.49. The van der Waals surface area contributed by atoms with Crippen LogP contribution in [0.25, 0.3) is 10.9 Å². The second-order valence-electron chi connectivity index (χ2n) is 8.15. The summed E-state index contributed by atoms with van der Waals surface area (Å²) >= 11 is 0. The number of carbonyl (C=O) groups excluding carboxylic acids is 2. The van der Waals surface area contributed by atoms with E-state index < -0.39 is 28.0 Å². The number of nitrogens with zero attached hydrogens (tertiary/aromatic N) is 2. The molecule has 0 spiro atoms. The molecule has 11 heteroatoms. The number of primary sulfonamides is 1. The third kappa shape index (κ3) is 5.32. The lowest BCUT2D eigenvalue weighted by atomic mass is 10.2. The van der Waals surface area contributed by atoms with Crippen molar-refractivity contribution >= 4 is 38.5 Å². The highest BCUT2D eigenvalue weighted by molar-refractivity contribution is 7.89. The minimum absolute atomic E-state index is 0.0595. The molecule has 1 aromatic heterocycles. The number of amides is 1. The van der Waals surface area contributed by atoms with E-state index in [1.165, 1.54) is 31.2 Å². The highest BCUT2D eigenvalue weighted by atomic mass is 32.2. The van der Waals surface area contributed by atoms with Gasteiger partial charge in [0.1, 0.15) is 5.82 Å². The number of anilines is 1. The Labute approximate surface area is 195 Å². The summed E-state index contributed by atoms with van der Waals surface area (Å²) < 4.78 is 29.8. The number of fused-ring (bicyclic) bond motifs is 1. The number of nitrogens with two attached hydrogens (primary N) is 1. The molecule has 0 saturated heterocycles. The molecule has 1 fully saturated rings. The topological polar surface area (TPSA) is 150 Å². The van der Waals surface area contributed by atoms with Gasteiger partial charge in [-0.2, -0.15) is 0 Å². The number of aromatic nitrogens is 2. The van der Waals surface area contributed by atoms with Crippen LogP contribution in [0.4, 0.5) is 5.69 Å². The van der Waals surface area contributed by atoms with Crippen molar-refractivity contribution < 1.29 is 22.7 Å². The van der Waals surface area contributed by atoms with Crippen LogP contribution in [0, 0.1) is 0 Å². The number of ether oxygens (including phenoxy) is 1. The minimum atomic E-state index is -3.92. The van der Waals surface area contributed by atoms with E-state index in [-0.39, 0.29) is 35.0 Å². The number of hydrogen-bond acceptors (Lipinski definition) is 7. The summed E-state index contributed by atoms with van der Waals surface area (Å²) in [6, 6.07) is 12.6. The highest BCUT2D eigenvalue weighted by Gasteiger charge is 2.28. The first-order valence-electron chi connectivity index (χ1n) is 10.8. The summed E-state index contributed by atoms with van der Waals surface area (Å²) in [5, 5.41) is 8.14. The van der Waals surface area contributed by atoms with Gasteiger partial charge in [-0.1, -0.05) is 18.2 Å². The fraction of sp³-hybridized carbons (Fsp3) is 0.304. The average molecular weight is 485 g/mol. The first kappa shape index (κ1) is 23.6. The summed E-state index contributed by atoms with van der Waals surface area (Å²) in [6.45, 7) is 1.41. The van der Waals surface area contributed by atoms with Crippen molar-refractivity contribution in [1.29, 1.82) is 0 Å². The number of aryl methyl sites for hydroxylation is 1. The minimum Gasteiger partial charge on any atom is -0.453 e. The number of benzene rings is 2. The van der Waals surface area contributed by atoms with Crippen LogP contribution < -0.4 is 16.0 Å². The summed E-state index contributed by atoms with van der Waals surface area (Å²) in [6.07, 6.45) is 0.791. The van der Waals surface area contributed by atoms with Gasteiger partial charge in [-0.15, -0.1) is 0 Å². The first-order valence-corrected chi connectivity index (χ1v) is 12.3. The molecule has 10 nitrogen and oxygen atoms in total. The molecule has 0 bridgehead atoms. The monoisotopic (exact) mass is 484 g/mol. The molecule has 2 aromatic carbocycles. The summed E-state index contributed by atoms with van der Waals surface area (Å²) in [7, 11) is -3.92. The molecule has 1 aliphatic rings. The van der Waals surface area contributed by atoms with Gasteiger partial charge in [0.15, 0.2) is 6.10 Å². The van der Waals surface area contributed by atoms with Gasteiger partial charge in [0, 0.05) is 18.2 Å². The van der Waals surface area contributed by atoms with E-state index in [1.54, 1.807) is 28.8 Å². The van der Waals surface area contributed by atoms with E-state index in [2.05, 4.69) is 10.3 Å². The molecule has 3 aromatic rings. The second-order valence-corrected chi connectivity index (χ2v) is 9.71. The quantitative estimate of drug-likeness (QED) is 0.463. The predicted octanol–water partition coefficient (Wildman–Crippen LogP) is 1.88. The molecule has 3 N–H and O–H groups in total. The van der Waals surface area contributed by atoms with Gasteiger partial charge in [-0.3, -0.25) is 19.0 Å². The molecule has 34 heavy (non-hydrogen) atoms. The maximum atomic E-state index is 12.9. The number of para-hydroxylation sites is 1. The van der Waals surface area contributed by atoms with E-state index in [1.807, 2.05) is 0 Å². The molecule has 1 amide bonds. The number of nitrogens with one attached hydrogen (secondary N) is 1. The van der Waals surface area contributed by atoms with Crippen molar-refractivity contribution in [3.05, 3.63) is 64.7 Å². The fourth-order valence-corrected chi connectivity index (χ4v) is 4.16. The zero-order chi connectivity index (χ0) is 24.5. The van der Waals surface area contributed by atoms with Gasteiger partial charge >= 0.3 is 5.97 Å². The standard InChI is InChI=1S/C23H24N4O6S/c1-14(22(29)25-15-5-4-6-17(13-15)34(24,31)32)33-21(28)12-11-20-26-19-8-3-2-7-18(19)23(30)27(20)16-9-10-16/h2-8,13-14,16H,9-12H2,1H3,(H,25,29)(H2,24,31,32). The largest absolute Gasteiger partial charge is 0.453 e. The van der Waals surface area contributed by atoms with Crippen LogP contribution in [0.15, 0.2) is 58.2 Å². The highest BCUT2D eigenvalue weighted by Crippen LogP contribution is 2.35. The zero-order valence-corrected chi connectivity index (χ0v) is 19.2. The maximum Gasteiger partial charge on any atom is 0.307 e. The van der Waals surface area contributed by atoms with Gasteiger partial charge in [0.05, 0.1) is 22.2 Å². The van der Waals surface area contributed by atoms with Gasteiger partial charge in [0.2, 0.25) is 10.0 Å².